The van der Waals surface area contributed by atoms with Crippen LogP contribution in [0.25, 0.3) is 0 Å². The van der Waals surface area contributed by atoms with E-state index in [0.29, 0.717) is 0 Å². The van der Waals surface area contributed by atoms with Crippen molar-refractivity contribution in [1.29, 1.82) is 0 Å². The van der Waals surface area contributed by atoms with Gasteiger partial charge in [0.05, 0.1) is 5.60 Å². The number of likely N-dealkylation sites (N-methyl/N-ethyl adjacent to an activating group) is 1. The van der Waals surface area contributed by atoms with Crippen molar-refractivity contribution in [2.24, 2.45) is 0 Å². The number of hydrogen-bond acceptors (Lipinski definition) is 3. The van der Waals surface area contributed by atoms with Gasteiger partial charge in [0.1, 0.15) is 0 Å². The zero-order valence-electron chi connectivity index (χ0n) is 7.68. The Hall–Kier alpha value is -0.120. The Morgan fingerprint density at radius 1 is 1.55 bits per heavy atom. The quantitative estimate of drug-likeness (QED) is 0.622. The Labute approximate surface area is 68.7 Å². The highest BCUT2D eigenvalue weighted by molar-refractivity contribution is 4.91. The summed E-state index contributed by atoms with van der Waals surface area (Å²) in [6.07, 6.45) is 1.13. The van der Waals surface area contributed by atoms with Gasteiger partial charge in [-0.3, -0.25) is 0 Å². The van der Waals surface area contributed by atoms with Crippen LogP contribution in [0.15, 0.2) is 0 Å². The number of nitrogens with zero attached hydrogens (tertiary/aromatic N) is 1. The second-order valence-corrected chi connectivity index (χ2v) is 3.55. The van der Waals surface area contributed by atoms with Crippen molar-refractivity contribution in [3.63, 3.8) is 0 Å². The van der Waals surface area contributed by atoms with Crippen molar-refractivity contribution in [1.82, 2.24) is 10.2 Å². The van der Waals surface area contributed by atoms with Crippen LogP contribution in [-0.4, -0.2) is 51.3 Å². The van der Waals surface area contributed by atoms with Crippen LogP contribution in [0.2, 0.25) is 0 Å². The Morgan fingerprint density at radius 2 is 2.27 bits per heavy atom. The maximum Gasteiger partial charge on any atom is 0.0940 e. The van der Waals surface area contributed by atoms with Gasteiger partial charge < -0.3 is 15.0 Å². The molecule has 0 bridgehead atoms. The minimum Gasteiger partial charge on any atom is -0.376 e. The molecule has 1 rings (SSSR count). The van der Waals surface area contributed by atoms with E-state index in [4.69, 9.17) is 4.74 Å². The number of hydrogen-bond donors (Lipinski definition) is 1. The molecule has 0 aromatic heterocycles. The molecule has 0 aromatic carbocycles. The number of nitrogens with one attached hydrogen (secondary N) is 1. The van der Waals surface area contributed by atoms with E-state index >= 15 is 0 Å². The van der Waals surface area contributed by atoms with Crippen LogP contribution in [0, 0.1) is 0 Å². The van der Waals surface area contributed by atoms with Crippen LogP contribution in [0.4, 0.5) is 0 Å². The summed E-state index contributed by atoms with van der Waals surface area (Å²) >= 11 is 0. The molecular formula is C8H18N2O. The molecule has 1 fully saturated rings. The maximum absolute atomic E-state index is 5.51. The van der Waals surface area contributed by atoms with Crippen molar-refractivity contribution >= 4 is 0 Å². The predicted octanol–water partition coefficient (Wildman–Crippen LogP) is -0.0735. The summed E-state index contributed by atoms with van der Waals surface area (Å²) in [6, 6.07) is 0. The van der Waals surface area contributed by atoms with Crippen LogP contribution in [-0.2, 0) is 4.74 Å². The van der Waals surface area contributed by atoms with Gasteiger partial charge in [0.15, 0.2) is 0 Å². The van der Waals surface area contributed by atoms with E-state index in [9.17, 15) is 0 Å². The molecule has 1 saturated heterocycles. The Kier molecular flexibility index (Phi) is 2.87. The third-order valence-electron chi connectivity index (χ3n) is 2.24. The first-order valence-electron chi connectivity index (χ1n) is 4.09. The van der Waals surface area contributed by atoms with Gasteiger partial charge in [0, 0.05) is 20.2 Å². The lowest BCUT2D eigenvalue weighted by molar-refractivity contribution is -0.0114. The maximum atomic E-state index is 5.51. The Morgan fingerprint density at radius 3 is 2.64 bits per heavy atom. The van der Waals surface area contributed by atoms with Gasteiger partial charge >= 0.3 is 0 Å². The highest BCUT2D eigenvalue weighted by atomic mass is 16.5. The van der Waals surface area contributed by atoms with Gasteiger partial charge in [0.25, 0.3) is 0 Å². The molecule has 0 spiro atoms. The molecule has 3 heteroatoms. The summed E-state index contributed by atoms with van der Waals surface area (Å²) < 4.78 is 5.51. The van der Waals surface area contributed by atoms with E-state index in [0.717, 1.165) is 26.1 Å². The Balaban J connectivity index is 2.45. The standard InChI is InChI=1S/C8H18N2O/c1-10(2)7-8(11-3)4-5-9-6-8/h9H,4-7H2,1-3H3. The molecule has 11 heavy (non-hydrogen) atoms. The molecule has 1 atom stereocenters. The van der Waals surface area contributed by atoms with Gasteiger partial charge in [-0.2, -0.15) is 0 Å². The fraction of sp³-hybridized carbons (Fsp3) is 1.00. The van der Waals surface area contributed by atoms with E-state index in [1.54, 1.807) is 7.11 Å². The van der Waals surface area contributed by atoms with E-state index in [1.165, 1.54) is 0 Å². The molecule has 0 amide bonds. The van der Waals surface area contributed by atoms with Gasteiger partial charge in [-0.15, -0.1) is 0 Å². The van der Waals surface area contributed by atoms with Crippen molar-refractivity contribution in [3.05, 3.63) is 0 Å². The number of ether oxygens (including phenoxy) is 1. The smallest absolute Gasteiger partial charge is 0.0940 e. The second-order valence-electron chi connectivity index (χ2n) is 3.55. The molecule has 0 radical (unpaired) electrons. The third kappa shape index (κ3) is 2.15. The van der Waals surface area contributed by atoms with Gasteiger partial charge in [-0.25, -0.2) is 0 Å². The monoisotopic (exact) mass is 158 g/mol. The molecule has 0 aromatic rings. The summed E-state index contributed by atoms with van der Waals surface area (Å²) in [5.41, 5.74) is 0.0729. The van der Waals surface area contributed by atoms with Crippen LogP contribution < -0.4 is 5.32 Å². The number of methoxy groups -OCH3 is 1. The number of rotatable bonds is 3. The molecular weight excluding hydrogens is 140 g/mol. The zero-order chi connectivity index (χ0) is 8.32. The molecule has 0 saturated carbocycles. The summed E-state index contributed by atoms with van der Waals surface area (Å²) in [5, 5.41) is 3.32. The molecule has 66 valence electrons. The topological polar surface area (TPSA) is 24.5 Å². The van der Waals surface area contributed by atoms with Crippen molar-refractivity contribution in [2.45, 2.75) is 12.0 Å². The SMILES string of the molecule is COC1(CN(C)C)CCNC1. The van der Waals surface area contributed by atoms with Crippen molar-refractivity contribution < 1.29 is 4.74 Å². The first-order valence-corrected chi connectivity index (χ1v) is 4.09. The summed E-state index contributed by atoms with van der Waals surface area (Å²) in [6.45, 7) is 3.08. The minimum absolute atomic E-state index is 0.0729. The van der Waals surface area contributed by atoms with Crippen molar-refractivity contribution in [3.8, 4) is 0 Å². The molecule has 1 heterocycles. The lowest BCUT2D eigenvalue weighted by Crippen LogP contribution is -2.43. The highest BCUT2D eigenvalue weighted by Gasteiger charge is 2.33. The predicted molar refractivity (Wildman–Crippen MR) is 45.8 cm³/mol. The van der Waals surface area contributed by atoms with Crippen LogP contribution in [0.3, 0.4) is 0 Å². The van der Waals surface area contributed by atoms with Crippen LogP contribution in [0.1, 0.15) is 6.42 Å². The van der Waals surface area contributed by atoms with Crippen LogP contribution >= 0.6 is 0 Å². The van der Waals surface area contributed by atoms with E-state index in [1.807, 2.05) is 0 Å². The molecule has 1 unspecified atom stereocenters. The van der Waals surface area contributed by atoms with Gasteiger partial charge in [-0.1, -0.05) is 0 Å². The first-order chi connectivity index (χ1) is 5.18. The lowest BCUT2D eigenvalue weighted by Gasteiger charge is -2.29. The lowest BCUT2D eigenvalue weighted by atomic mass is 10.0. The first kappa shape index (κ1) is 8.97. The Bertz CT molecular complexity index is 119. The highest BCUT2D eigenvalue weighted by Crippen LogP contribution is 2.18. The average Bonchev–Trinajstić information content (AvgIpc) is 2.36. The second kappa shape index (κ2) is 3.52. The van der Waals surface area contributed by atoms with Gasteiger partial charge in [-0.05, 0) is 27.1 Å². The van der Waals surface area contributed by atoms with E-state index in [2.05, 4.69) is 24.3 Å². The summed E-state index contributed by atoms with van der Waals surface area (Å²) in [4.78, 5) is 2.18. The fourth-order valence-corrected chi connectivity index (χ4v) is 1.67. The molecule has 0 aliphatic carbocycles. The molecule has 1 aliphatic heterocycles. The average molecular weight is 158 g/mol. The van der Waals surface area contributed by atoms with Crippen LogP contribution in [0.5, 0.6) is 0 Å². The molecule has 1 aliphatic rings. The minimum atomic E-state index is 0.0729. The van der Waals surface area contributed by atoms with E-state index < -0.39 is 0 Å². The molecule has 3 nitrogen and oxygen atoms in total. The summed E-state index contributed by atoms with van der Waals surface area (Å²) in [7, 11) is 5.97. The van der Waals surface area contributed by atoms with E-state index in [-0.39, 0.29) is 5.60 Å². The zero-order valence-corrected chi connectivity index (χ0v) is 7.68. The largest absolute Gasteiger partial charge is 0.376 e. The molecule has 1 N–H and O–H groups in total. The van der Waals surface area contributed by atoms with Gasteiger partial charge in [0.2, 0.25) is 0 Å². The summed E-state index contributed by atoms with van der Waals surface area (Å²) in [5.74, 6) is 0. The third-order valence-corrected chi connectivity index (χ3v) is 2.24. The fourth-order valence-electron chi connectivity index (χ4n) is 1.67. The van der Waals surface area contributed by atoms with Crippen molar-refractivity contribution in [2.75, 3.05) is 40.8 Å². The normalized spacial score (nSPS) is 31.6.